The van der Waals surface area contributed by atoms with Crippen LogP contribution in [0, 0.1) is 12.8 Å². The zero-order valence-corrected chi connectivity index (χ0v) is 17.6. The van der Waals surface area contributed by atoms with Gasteiger partial charge in [-0.05, 0) is 42.8 Å². The summed E-state index contributed by atoms with van der Waals surface area (Å²) in [6, 6.07) is 17.5. The highest BCUT2D eigenvalue weighted by atomic mass is 19.3. The highest BCUT2D eigenvalue weighted by Gasteiger charge is 2.44. The first-order valence-electron chi connectivity index (χ1n) is 10.4. The van der Waals surface area contributed by atoms with E-state index in [1.807, 2.05) is 31.2 Å². The predicted molar refractivity (Wildman–Crippen MR) is 118 cm³/mol. The zero-order valence-electron chi connectivity index (χ0n) is 17.6. The molecule has 0 bridgehead atoms. The minimum absolute atomic E-state index is 0.0662. The molecule has 2 heterocycles. The molecule has 0 aliphatic carbocycles. The molecule has 1 aliphatic heterocycles. The molecule has 3 aromatic rings. The van der Waals surface area contributed by atoms with Gasteiger partial charge in [0, 0.05) is 42.2 Å². The maximum absolute atomic E-state index is 14.5. The Bertz CT molecular complexity index is 1120. The molecule has 1 fully saturated rings. The molecule has 1 atom stereocenters. The van der Waals surface area contributed by atoms with Crippen molar-refractivity contribution in [1.29, 1.82) is 0 Å². The molecule has 0 radical (unpaired) electrons. The van der Waals surface area contributed by atoms with E-state index in [0.29, 0.717) is 11.3 Å². The number of rotatable bonds is 4. The van der Waals surface area contributed by atoms with Crippen molar-refractivity contribution in [3.63, 3.8) is 0 Å². The predicted octanol–water partition coefficient (Wildman–Crippen LogP) is 4.79. The maximum Gasteiger partial charge on any atom is 0.266 e. The number of alkyl halides is 2. The van der Waals surface area contributed by atoms with E-state index in [4.69, 9.17) is 0 Å². The van der Waals surface area contributed by atoms with Gasteiger partial charge in [-0.15, -0.1) is 0 Å². The number of pyridine rings is 1. The molecule has 1 aliphatic rings. The molecule has 0 spiro atoms. The van der Waals surface area contributed by atoms with Crippen LogP contribution >= 0.6 is 0 Å². The fourth-order valence-electron chi connectivity index (χ4n) is 3.86. The number of benzene rings is 2. The van der Waals surface area contributed by atoms with Gasteiger partial charge in [0.05, 0.1) is 12.5 Å². The van der Waals surface area contributed by atoms with Crippen LogP contribution in [-0.4, -0.2) is 40.7 Å². The van der Waals surface area contributed by atoms with Gasteiger partial charge in [0.2, 0.25) is 5.91 Å². The molecule has 164 valence electrons. The Morgan fingerprint density at radius 2 is 1.81 bits per heavy atom. The third kappa shape index (κ3) is 4.99. The molecule has 5 nitrogen and oxygen atoms in total. The molecule has 2 aromatic carbocycles. The highest BCUT2D eigenvalue weighted by Crippen LogP contribution is 2.32. The van der Waals surface area contributed by atoms with Crippen molar-refractivity contribution in [1.82, 2.24) is 9.88 Å². The number of nitrogens with one attached hydrogen (secondary N) is 1. The topological polar surface area (TPSA) is 62.3 Å². The van der Waals surface area contributed by atoms with Crippen molar-refractivity contribution in [2.24, 2.45) is 5.92 Å². The van der Waals surface area contributed by atoms with Crippen LogP contribution < -0.4 is 5.32 Å². The van der Waals surface area contributed by atoms with E-state index in [2.05, 4.69) is 10.3 Å². The van der Waals surface area contributed by atoms with Crippen molar-refractivity contribution >= 4 is 17.5 Å². The van der Waals surface area contributed by atoms with Gasteiger partial charge >= 0.3 is 0 Å². The Balaban J connectivity index is 1.52. The second-order valence-corrected chi connectivity index (χ2v) is 8.12. The summed E-state index contributed by atoms with van der Waals surface area (Å²) in [5, 5.41) is 2.69. The standard InChI is InChI=1S/C25H23F2N3O2/c1-17-7-9-22(10-8-17)29-23(31)21-13-25(26,27)16-30(15-21)24(32)19-5-2-4-18(12-19)20-6-3-11-28-14-20/h2-12,14,21H,13,15-16H2,1H3,(H,29,31). The van der Waals surface area contributed by atoms with Crippen LogP contribution in [0.5, 0.6) is 0 Å². The number of aryl methyl sites for hydroxylation is 1. The van der Waals surface area contributed by atoms with Crippen LogP contribution in [-0.2, 0) is 4.79 Å². The Labute approximate surface area is 185 Å². The first kappa shape index (κ1) is 21.6. The van der Waals surface area contributed by atoms with Crippen molar-refractivity contribution < 1.29 is 18.4 Å². The molecular weight excluding hydrogens is 412 g/mol. The van der Waals surface area contributed by atoms with Crippen LogP contribution in [0.2, 0.25) is 0 Å². The summed E-state index contributed by atoms with van der Waals surface area (Å²) in [5.41, 5.74) is 3.44. The second-order valence-electron chi connectivity index (χ2n) is 8.12. The number of carbonyl (C=O) groups is 2. The summed E-state index contributed by atoms with van der Waals surface area (Å²) >= 11 is 0. The summed E-state index contributed by atoms with van der Waals surface area (Å²) in [6.45, 7) is 1.14. The molecule has 1 unspecified atom stereocenters. The Morgan fingerprint density at radius 3 is 2.53 bits per heavy atom. The number of hydrogen-bond donors (Lipinski definition) is 1. The van der Waals surface area contributed by atoms with Crippen LogP contribution in [0.3, 0.4) is 0 Å². The minimum atomic E-state index is -3.15. The fraction of sp³-hybridized carbons (Fsp3) is 0.240. The van der Waals surface area contributed by atoms with E-state index in [9.17, 15) is 18.4 Å². The third-order valence-electron chi connectivity index (χ3n) is 5.49. The first-order valence-corrected chi connectivity index (χ1v) is 10.4. The van der Waals surface area contributed by atoms with Crippen molar-refractivity contribution in [3.05, 3.63) is 84.2 Å². The summed E-state index contributed by atoms with van der Waals surface area (Å²) < 4.78 is 29.0. The zero-order chi connectivity index (χ0) is 22.7. The monoisotopic (exact) mass is 435 g/mol. The molecule has 32 heavy (non-hydrogen) atoms. The third-order valence-corrected chi connectivity index (χ3v) is 5.49. The fourth-order valence-corrected chi connectivity index (χ4v) is 3.86. The van der Waals surface area contributed by atoms with E-state index < -0.39 is 36.6 Å². The second kappa shape index (κ2) is 8.86. The summed E-state index contributed by atoms with van der Waals surface area (Å²) in [5.74, 6) is -5.20. The molecule has 2 amide bonds. The van der Waals surface area contributed by atoms with Gasteiger partial charge < -0.3 is 10.2 Å². The Morgan fingerprint density at radius 1 is 1.06 bits per heavy atom. The minimum Gasteiger partial charge on any atom is -0.332 e. The number of halogens is 2. The van der Waals surface area contributed by atoms with Crippen molar-refractivity contribution in [2.75, 3.05) is 18.4 Å². The largest absolute Gasteiger partial charge is 0.332 e. The van der Waals surface area contributed by atoms with Crippen molar-refractivity contribution in [2.45, 2.75) is 19.3 Å². The molecule has 7 heteroatoms. The van der Waals surface area contributed by atoms with E-state index in [0.717, 1.165) is 21.6 Å². The first-order chi connectivity index (χ1) is 15.3. The van der Waals surface area contributed by atoms with E-state index in [-0.39, 0.29) is 6.54 Å². The summed E-state index contributed by atoms with van der Waals surface area (Å²) in [6.07, 6.45) is 2.73. The maximum atomic E-state index is 14.5. The lowest BCUT2D eigenvalue weighted by Crippen LogP contribution is -2.52. The Kier molecular flexibility index (Phi) is 5.99. The molecule has 1 N–H and O–H groups in total. The van der Waals surface area contributed by atoms with Gasteiger partial charge in [-0.3, -0.25) is 14.6 Å². The van der Waals surface area contributed by atoms with Gasteiger partial charge in [-0.1, -0.05) is 35.9 Å². The number of nitrogens with zero attached hydrogens (tertiary/aromatic N) is 2. The molecule has 1 aromatic heterocycles. The van der Waals surface area contributed by atoms with Crippen LogP contribution in [0.4, 0.5) is 14.5 Å². The number of aromatic nitrogens is 1. The van der Waals surface area contributed by atoms with E-state index in [1.165, 1.54) is 0 Å². The number of anilines is 1. The number of piperidine rings is 1. The van der Waals surface area contributed by atoms with Gasteiger partial charge in [0.1, 0.15) is 0 Å². The Hall–Kier alpha value is -3.61. The van der Waals surface area contributed by atoms with Crippen molar-refractivity contribution in [3.8, 4) is 11.1 Å². The smallest absolute Gasteiger partial charge is 0.266 e. The molecule has 4 rings (SSSR count). The quantitative estimate of drug-likeness (QED) is 0.641. The summed E-state index contributed by atoms with van der Waals surface area (Å²) in [4.78, 5) is 30.9. The van der Waals surface area contributed by atoms with Crippen LogP contribution in [0.25, 0.3) is 11.1 Å². The lowest BCUT2D eigenvalue weighted by molar-refractivity contribution is -0.130. The van der Waals surface area contributed by atoms with Gasteiger partial charge in [0.25, 0.3) is 11.8 Å². The highest BCUT2D eigenvalue weighted by molar-refractivity contribution is 5.97. The van der Waals surface area contributed by atoms with Gasteiger partial charge in [-0.25, -0.2) is 8.78 Å². The van der Waals surface area contributed by atoms with E-state index in [1.54, 1.807) is 48.8 Å². The number of amides is 2. The molecular formula is C25H23F2N3O2. The lowest BCUT2D eigenvalue weighted by Gasteiger charge is -2.37. The van der Waals surface area contributed by atoms with Gasteiger partial charge in [-0.2, -0.15) is 0 Å². The van der Waals surface area contributed by atoms with E-state index >= 15 is 0 Å². The normalized spacial score (nSPS) is 17.6. The molecule has 1 saturated heterocycles. The average Bonchev–Trinajstić information content (AvgIpc) is 2.79. The summed E-state index contributed by atoms with van der Waals surface area (Å²) in [7, 11) is 0. The SMILES string of the molecule is Cc1ccc(NC(=O)C2CN(C(=O)c3cccc(-c4cccnc4)c3)CC(F)(F)C2)cc1. The number of carbonyl (C=O) groups excluding carboxylic acids is 2. The number of hydrogen-bond acceptors (Lipinski definition) is 3. The average molecular weight is 435 g/mol. The lowest BCUT2D eigenvalue weighted by atomic mass is 9.93. The van der Waals surface area contributed by atoms with Crippen LogP contribution in [0.1, 0.15) is 22.3 Å². The van der Waals surface area contributed by atoms with Crippen LogP contribution in [0.15, 0.2) is 73.1 Å². The molecule has 0 saturated carbocycles. The van der Waals surface area contributed by atoms with Gasteiger partial charge in [0.15, 0.2) is 0 Å². The number of likely N-dealkylation sites (tertiary alicyclic amines) is 1.